The van der Waals surface area contributed by atoms with E-state index in [1.807, 2.05) is 6.07 Å². The second-order valence-electron chi connectivity index (χ2n) is 6.51. The Morgan fingerprint density at radius 3 is 2.78 bits per heavy atom. The van der Waals surface area contributed by atoms with Gasteiger partial charge in [-0.25, -0.2) is 0 Å². The van der Waals surface area contributed by atoms with Crippen molar-refractivity contribution in [3.8, 4) is 0 Å². The molecule has 0 saturated heterocycles. The molecule has 0 amide bonds. The van der Waals surface area contributed by atoms with Crippen LogP contribution in [-0.2, 0) is 0 Å². The molecule has 1 aliphatic rings. The summed E-state index contributed by atoms with van der Waals surface area (Å²) in [5, 5.41) is 3.71. The summed E-state index contributed by atoms with van der Waals surface area (Å²) in [6, 6.07) is 5.01. The molecule has 18 heavy (non-hydrogen) atoms. The first kappa shape index (κ1) is 13.6. The fourth-order valence-electron chi connectivity index (χ4n) is 2.91. The van der Waals surface area contributed by atoms with Gasteiger partial charge in [0.2, 0.25) is 0 Å². The van der Waals surface area contributed by atoms with Crippen LogP contribution >= 0.6 is 0 Å². The number of nitrogens with zero attached hydrogens (tertiary/aromatic N) is 1. The predicted octanol–water partition coefficient (Wildman–Crippen LogP) is 3.05. The molecule has 1 aromatic heterocycles. The van der Waals surface area contributed by atoms with Crippen LogP contribution in [0.1, 0.15) is 44.9 Å². The van der Waals surface area contributed by atoms with E-state index >= 15 is 0 Å². The molecule has 1 N–H and O–H groups in total. The summed E-state index contributed by atoms with van der Waals surface area (Å²) >= 11 is 0. The zero-order valence-corrected chi connectivity index (χ0v) is 12.1. The van der Waals surface area contributed by atoms with E-state index in [1.54, 1.807) is 6.26 Å². The van der Waals surface area contributed by atoms with E-state index in [0.717, 1.165) is 12.3 Å². The molecule has 0 spiro atoms. The number of furan rings is 1. The topological polar surface area (TPSA) is 28.4 Å². The van der Waals surface area contributed by atoms with E-state index in [4.69, 9.17) is 4.42 Å². The summed E-state index contributed by atoms with van der Waals surface area (Å²) in [6.07, 6.45) is 5.67. The number of nitrogens with one attached hydrogen (secondary N) is 1. The highest BCUT2D eigenvalue weighted by Crippen LogP contribution is 2.37. The minimum atomic E-state index is 0.323. The number of hydrogen-bond acceptors (Lipinski definition) is 3. The molecule has 2 unspecified atom stereocenters. The molecule has 102 valence electrons. The Kier molecular flexibility index (Phi) is 4.13. The lowest BCUT2D eigenvalue weighted by Gasteiger charge is -2.25. The van der Waals surface area contributed by atoms with Crippen molar-refractivity contribution in [2.24, 2.45) is 5.41 Å². The van der Waals surface area contributed by atoms with Crippen molar-refractivity contribution in [2.75, 3.05) is 20.6 Å². The summed E-state index contributed by atoms with van der Waals surface area (Å²) in [4.78, 5) is 2.21. The number of likely N-dealkylation sites (N-methyl/N-ethyl adjacent to an activating group) is 1. The third-order valence-corrected chi connectivity index (χ3v) is 4.06. The second-order valence-corrected chi connectivity index (χ2v) is 6.51. The fourth-order valence-corrected chi connectivity index (χ4v) is 2.91. The molecule has 2 rings (SSSR count). The molecule has 0 aromatic carbocycles. The van der Waals surface area contributed by atoms with Gasteiger partial charge in [-0.05, 0) is 50.9 Å². The molecule has 1 aliphatic carbocycles. The van der Waals surface area contributed by atoms with Crippen molar-refractivity contribution >= 4 is 0 Å². The van der Waals surface area contributed by atoms with Gasteiger partial charge >= 0.3 is 0 Å². The first-order valence-corrected chi connectivity index (χ1v) is 6.91. The predicted molar refractivity (Wildman–Crippen MR) is 74.6 cm³/mol. The van der Waals surface area contributed by atoms with Gasteiger partial charge in [0.1, 0.15) is 5.76 Å². The van der Waals surface area contributed by atoms with Gasteiger partial charge < -0.3 is 9.73 Å². The molecule has 1 aromatic rings. The zero-order chi connectivity index (χ0) is 13.2. The highest BCUT2D eigenvalue weighted by Gasteiger charge is 2.31. The van der Waals surface area contributed by atoms with Crippen molar-refractivity contribution in [3.63, 3.8) is 0 Å². The monoisotopic (exact) mass is 250 g/mol. The van der Waals surface area contributed by atoms with Gasteiger partial charge in [0.05, 0.1) is 12.3 Å². The number of hydrogen-bond donors (Lipinski definition) is 1. The van der Waals surface area contributed by atoms with Crippen molar-refractivity contribution in [3.05, 3.63) is 24.2 Å². The Morgan fingerprint density at radius 1 is 1.50 bits per heavy atom. The van der Waals surface area contributed by atoms with E-state index in [0.29, 0.717) is 17.5 Å². The summed E-state index contributed by atoms with van der Waals surface area (Å²) in [7, 11) is 4.21. The molecular formula is C15H26N2O. The van der Waals surface area contributed by atoms with Crippen LogP contribution in [0.15, 0.2) is 22.8 Å². The van der Waals surface area contributed by atoms with Crippen LogP contribution in [0.4, 0.5) is 0 Å². The van der Waals surface area contributed by atoms with E-state index in [1.165, 1.54) is 19.3 Å². The minimum absolute atomic E-state index is 0.323. The van der Waals surface area contributed by atoms with E-state index in [-0.39, 0.29) is 0 Å². The van der Waals surface area contributed by atoms with Crippen LogP contribution in [0.3, 0.4) is 0 Å². The largest absolute Gasteiger partial charge is 0.468 e. The molecule has 1 heterocycles. The second kappa shape index (κ2) is 5.45. The molecule has 2 atom stereocenters. The summed E-state index contributed by atoms with van der Waals surface area (Å²) in [6.45, 7) is 5.69. The molecule has 1 saturated carbocycles. The highest BCUT2D eigenvalue weighted by atomic mass is 16.3. The zero-order valence-electron chi connectivity index (χ0n) is 12.1. The van der Waals surface area contributed by atoms with Gasteiger partial charge in [-0.15, -0.1) is 0 Å². The lowest BCUT2D eigenvalue weighted by molar-refractivity contribution is 0.241. The van der Waals surface area contributed by atoms with Gasteiger partial charge in [0, 0.05) is 12.6 Å². The Balaban J connectivity index is 1.88. The van der Waals surface area contributed by atoms with Crippen LogP contribution in [0.2, 0.25) is 0 Å². The Labute approximate surface area is 111 Å². The van der Waals surface area contributed by atoms with E-state index < -0.39 is 0 Å². The van der Waals surface area contributed by atoms with Crippen LogP contribution in [-0.4, -0.2) is 31.6 Å². The maximum Gasteiger partial charge on any atom is 0.122 e. The molecule has 0 bridgehead atoms. The van der Waals surface area contributed by atoms with E-state index in [9.17, 15) is 0 Å². The standard InChI is InChI=1S/C15H26N2O/c1-15(2)8-7-12(10-15)16-11-13(17(3)4)14-6-5-9-18-14/h5-6,9,12-13,16H,7-8,10-11H2,1-4H3. The summed E-state index contributed by atoms with van der Waals surface area (Å²) < 4.78 is 5.53. The lowest BCUT2D eigenvalue weighted by atomic mass is 9.92. The minimum Gasteiger partial charge on any atom is -0.468 e. The lowest BCUT2D eigenvalue weighted by Crippen LogP contribution is -2.36. The van der Waals surface area contributed by atoms with Gasteiger partial charge in [-0.3, -0.25) is 4.90 Å². The molecule has 0 aliphatic heterocycles. The average Bonchev–Trinajstić information content (AvgIpc) is 2.88. The molecule has 1 fully saturated rings. The van der Waals surface area contributed by atoms with Crippen LogP contribution < -0.4 is 5.32 Å². The Bertz CT molecular complexity index is 357. The SMILES string of the molecule is CN(C)C(CNC1CCC(C)(C)C1)c1ccco1. The first-order valence-electron chi connectivity index (χ1n) is 6.91. The normalized spacial score (nSPS) is 24.6. The molecule has 0 radical (unpaired) electrons. The molecule has 3 nitrogen and oxygen atoms in total. The van der Waals surface area contributed by atoms with Crippen LogP contribution in [0.25, 0.3) is 0 Å². The molecular weight excluding hydrogens is 224 g/mol. The van der Waals surface area contributed by atoms with Gasteiger partial charge in [0.15, 0.2) is 0 Å². The fraction of sp³-hybridized carbons (Fsp3) is 0.733. The van der Waals surface area contributed by atoms with Gasteiger partial charge in [-0.1, -0.05) is 13.8 Å². The van der Waals surface area contributed by atoms with Crippen molar-refractivity contribution < 1.29 is 4.42 Å². The number of rotatable bonds is 5. The summed E-state index contributed by atoms with van der Waals surface area (Å²) in [5.41, 5.74) is 0.510. The molecule has 3 heteroatoms. The third-order valence-electron chi connectivity index (χ3n) is 4.06. The van der Waals surface area contributed by atoms with E-state index in [2.05, 4.69) is 44.2 Å². The van der Waals surface area contributed by atoms with Gasteiger partial charge in [0.25, 0.3) is 0 Å². The summed E-state index contributed by atoms with van der Waals surface area (Å²) in [5.74, 6) is 1.05. The Hall–Kier alpha value is -0.800. The first-order chi connectivity index (χ1) is 8.48. The van der Waals surface area contributed by atoms with Crippen molar-refractivity contribution in [2.45, 2.75) is 45.2 Å². The van der Waals surface area contributed by atoms with Crippen LogP contribution in [0, 0.1) is 5.41 Å². The third kappa shape index (κ3) is 3.36. The van der Waals surface area contributed by atoms with Gasteiger partial charge in [-0.2, -0.15) is 0 Å². The Morgan fingerprint density at radius 2 is 2.28 bits per heavy atom. The van der Waals surface area contributed by atoms with Crippen LogP contribution in [0.5, 0.6) is 0 Å². The average molecular weight is 250 g/mol. The smallest absolute Gasteiger partial charge is 0.122 e. The maximum atomic E-state index is 5.53. The quantitative estimate of drug-likeness (QED) is 0.870. The maximum absolute atomic E-state index is 5.53. The van der Waals surface area contributed by atoms with Crippen molar-refractivity contribution in [1.29, 1.82) is 0 Å². The van der Waals surface area contributed by atoms with Crippen molar-refractivity contribution in [1.82, 2.24) is 10.2 Å². The highest BCUT2D eigenvalue weighted by molar-refractivity contribution is 5.05.